The predicted molar refractivity (Wildman–Crippen MR) is 62.8 cm³/mol. The monoisotopic (exact) mass is 214 g/mol. The summed E-state index contributed by atoms with van der Waals surface area (Å²) in [7, 11) is 0. The predicted octanol–water partition coefficient (Wildman–Crippen LogP) is 2.85. The Balaban J connectivity index is 2.32. The van der Waals surface area contributed by atoms with Gasteiger partial charge in [0.1, 0.15) is 0 Å². The lowest BCUT2D eigenvalue weighted by molar-refractivity contribution is 0.0167. The second-order valence-electron chi connectivity index (χ2n) is 5.13. The molecule has 0 radical (unpaired) electrons. The van der Waals surface area contributed by atoms with Gasteiger partial charge in [0.25, 0.3) is 0 Å². The second-order valence-corrected chi connectivity index (χ2v) is 5.13. The molecule has 1 fully saturated rings. The van der Waals surface area contributed by atoms with Crippen molar-refractivity contribution in [1.29, 1.82) is 0 Å². The molecule has 90 valence electrons. The zero-order valence-electron chi connectivity index (χ0n) is 10.4. The average Bonchev–Trinajstić information content (AvgIpc) is 2.20. The minimum Gasteiger partial charge on any atom is -0.393 e. The molecule has 1 aliphatic rings. The molecule has 0 bridgehead atoms. The Labute approximate surface area is 94.0 Å². The summed E-state index contributed by atoms with van der Waals surface area (Å²) in [6.45, 7) is 8.21. The minimum absolute atomic E-state index is 0.0829. The highest BCUT2D eigenvalue weighted by molar-refractivity contribution is 4.81. The van der Waals surface area contributed by atoms with E-state index in [-0.39, 0.29) is 6.10 Å². The van der Waals surface area contributed by atoms with Gasteiger partial charge < -0.3 is 9.84 Å². The van der Waals surface area contributed by atoms with Gasteiger partial charge in [-0.25, -0.2) is 0 Å². The smallest absolute Gasteiger partial charge is 0.0569 e. The molecule has 0 amide bonds. The van der Waals surface area contributed by atoms with Gasteiger partial charge in [0.15, 0.2) is 0 Å². The van der Waals surface area contributed by atoms with Crippen LogP contribution < -0.4 is 0 Å². The Morgan fingerprint density at radius 2 is 2.07 bits per heavy atom. The van der Waals surface area contributed by atoms with Crippen molar-refractivity contribution in [1.82, 2.24) is 0 Å². The Hall–Kier alpha value is -0.0800. The van der Waals surface area contributed by atoms with Crippen LogP contribution in [0.4, 0.5) is 0 Å². The van der Waals surface area contributed by atoms with Gasteiger partial charge in [0.2, 0.25) is 0 Å². The molecule has 1 N–H and O–H groups in total. The van der Waals surface area contributed by atoms with Gasteiger partial charge in [-0.1, -0.05) is 13.8 Å². The zero-order valence-corrected chi connectivity index (χ0v) is 10.4. The molecular weight excluding hydrogens is 188 g/mol. The third-order valence-corrected chi connectivity index (χ3v) is 3.76. The van der Waals surface area contributed by atoms with Gasteiger partial charge in [-0.15, -0.1) is 0 Å². The highest BCUT2D eigenvalue weighted by atomic mass is 16.5. The van der Waals surface area contributed by atoms with Crippen LogP contribution in [0, 0.1) is 17.8 Å². The lowest BCUT2D eigenvalue weighted by atomic mass is 9.74. The zero-order chi connectivity index (χ0) is 11.3. The topological polar surface area (TPSA) is 29.5 Å². The van der Waals surface area contributed by atoms with E-state index in [1.165, 1.54) is 12.8 Å². The summed E-state index contributed by atoms with van der Waals surface area (Å²) in [4.78, 5) is 0. The fourth-order valence-corrected chi connectivity index (χ4v) is 2.58. The number of ether oxygens (including phenoxy) is 1. The maximum Gasteiger partial charge on any atom is 0.0569 e. The molecule has 0 heterocycles. The van der Waals surface area contributed by atoms with E-state index in [2.05, 4.69) is 13.8 Å². The Morgan fingerprint density at radius 1 is 1.33 bits per heavy atom. The normalized spacial score (nSPS) is 32.2. The summed E-state index contributed by atoms with van der Waals surface area (Å²) in [5, 5.41) is 9.91. The van der Waals surface area contributed by atoms with Crippen molar-refractivity contribution in [2.24, 2.45) is 17.8 Å². The van der Waals surface area contributed by atoms with Gasteiger partial charge in [0, 0.05) is 13.2 Å². The quantitative estimate of drug-likeness (QED) is 0.713. The van der Waals surface area contributed by atoms with E-state index in [1.54, 1.807) is 0 Å². The van der Waals surface area contributed by atoms with Crippen LogP contribution in [0.15, 0.2) is 0 Å². The molecule has 0 saturated heterocycles. The fraction of sp³-hybridized carbons (Fsp3) is 1.00. The fourth-order valence-electron chi connectivity index (χ4n) is 2.58. The van der Waals surface area contributed by atoms with Crippen LogP contribution in [-0.2, 0) is 4.74 Å². The van der Waals surface area contributed by atoms with Crippen molar-refractivity contribution < 1.29 is 9.84 Å². The third-order valence-electron chi connectivity index (χ3n) is 3.76. The molecule has 1 saturated carbocycles. The summed E-state index contributed by atoms with van der Waals surface area (Å²) >= 11 is 0. The largest absolute Gasteiger partial charge is 0.393 e. The van der Waals surface area contributed by atoms with Crippen LogP contribution in [0.25, 0.3) is 0 Å². The Kier molecular flexibility index (Phi) is 5.62. The number of hydrogen-bond acceptors (Lipinski definition) is 2. The van der Waals surface area contributed by atoms with E-state index in [4.69, 9.17) is 4.74 Å². The summed E-state index contributed by atoms with van der Waals surface area (Å²) in [5.41, 5.74) is 0. The third kappa shape index (κ3) is 4.12. The maximum atomic E-state index is 9.91. The van der Waals surface area contributed by atoms with Gasteiger partial charge in [-0.2, -0.15) is 0 Å². The van der Waals surface area contributed by atoms with Crippen LogP contribution in [-0.4, -0.2) is 24.4 Å². The van der Waals surface area contributed by atoms with Crippen LogP contribution in [0.3, 0.4) is 0 Å². The van der Waals surface area contributed by atoms with Crippen molar-refractivity contribution in [2.75, 3.05) is 13.2 Å². The summed E-state index contributed by atoms with van der Waals surface area (Å²) in [6, 6.07) is 0. The van der Waals surface area contributed by atoms with Crippen molar-refractivity contribution >= 4 is 0 Å². The number of aliphatic hydroxyl groups is 1. The standard InChI is InChI=1S/C13H26O2/c1-4-15-8-7-12-9-11(10(2)3)5-6-13(12)14/h10-14H,4-9H2,1-3H3. The van der Waals surface area contributed by atoms with Gasteiger partial charge >= 0.3 is 0 Å². The van der Waals surface area contributed by atoms with E-state index in [0.29, 0.717) is 5.92 Å². The molecule has 15 heavy (non-hydrogen) atoms. The van der Waals surface area contributed by atoms with Crippen LogP contribution in [0.2, 0.25) is 0 Å². The van der Waals surface area contributed by atoms with Crippen LogP contribution in [0.5, 0.6) is 0 Å². The lowest BCUT2D eigenvalue weighted by Gasteiger charge is -2.35. The van der Waals surface area contributed by atoms with E-state index < -0.39 is 0 Å². The summed E-state index contributed by atoms with van der Waals surface area (Å²) in [5.74, 6) is 2.03. The highest BCUT2D eigenvalue weighted by Crippen LogP contribution is 2.35. The average molecular weight is 214 g/mol. The first-order valence-electron chi connectivity index (χ1n) is 6.41. The molecule has 0 aromatic rings. The molecular formula is C13H26O2. The second kappa shape index (κ2) is 6.49. The maximum absolute atomic E-state index is 9.91. The molecule has 1 aliphatic carbocycles. The number of rotatable bonds is 5. The molecule has 0 aliphatic heterocycles. The van der Waals surface area contributed by atoms with Crippen LogP contribution in [0.1, 0.15) is 46.5 Å². The lowest BCUT2D eigenvalue weighted by Crippen LogP contribution is -2.31. The first kappa shape index (κ1) is 13.0. The Morgan fingerprint density at radius 3 is 2.67 bits per heavy atom. The van der Waals surface area contributed by atoms with Gasteiger partial charge in [0.05, 0.1) is 6.10 Å². The van der Waals surface area contributed by atoms with E-state index in [1.807, 2.05) is 6.92 Å². The van der Waals surface area contributed by atoms with E-state index >= 15 is 0 Å². The molecule has 0 spiro atoms. The van der Waals surface area contributed by atoms with Crippen LogP contribution >= 0.6 is 0 Å². The summed E-state index contributed by atoms with van der Waals surface area (Å²) in [6.07, 6.45) is 4.31. The van der Waals surface area contributed by atoms with Gasteiger partial charge in [-0.3, -0.25) is 0 Å². The summed E-state index contributed by atoms with van der Waals surface area (Å²) < 4.78 is 5.37. The molecule has 2 nitrogen and oxygen atoms in total. The number of hydrogen-bond donors (Lipinski definition) is 1. The SMILES string of the molecule is CCOCCC1CC(C(C)C)CCC1O. The van der Waals surface area contributed by atoms with E-state index in [9.17, 15) is 5.11 Å². The molecule has 0 aromatic carbocycles. The minimum atomic E-state index is -0.0829. The van der Waals surface area contributed by atoms with Crippen molar-refractivity contribution in [3.05, 3.63) is 0 Å². The van der Waals surface area contributed by atoms with Crippen molar-refractivity contribution in [3.63, 3.8) is 0 Å². The van der Waals surface area contributed by atoms with Gasteiger partial charge in [-0.05, 0) is 50.4 Å². The Bertz CT molecular complexity index is 168. The molecule has 0 aromatic heterocycles. The van der Waals surface area contributed by atoms with Crippen molar-refractivity contribution in [3.8, 4) is 0 Å². The van der Waals surface area contributed by atoms with E-state index in [0.717, 1.165) is 37.9 Å². The first-order chi connectivity index (χ1) is 7.15. The first-order valence-corrected chi connectivity index (χ1v) is 6.41. The molecule has 3 unspecified atom stereocenters. The molecule has 3 atom stereocenters. The van der Waals surface area contributed by atoms with Crippen molar-refractivity contribution in [2.45, 2.75) is 52.6 Å². The molecule has 1 rings (SSSR count). The highest BCUT2D eigenvalue weighted by Gasteiger charge is 2.30. The number of aliphatic hydroxyl groups excluding tert-OH is 1. The molecule has 2 heteroatoms.